The van der Waals surface area contributed by atoms with Crippen LogP contribution in [-0.4, -0.2) is 5.91 Å². The summed E-state index contributed by atoms with van der Waals surface area (Å²) in [5, 5.41) is 3.22. The Bertz CT molecular complexity index is 611. The summed E-state index contributed by atoms with van der Waals surface area (Å²) in [6.45, 7) is 0.216. The van der Waals surface area contributed by atoms with E-state index in [9.17, 15) is 13.6 Å². The molecule has 0 saturated heterocycles. The Labute approximate surface area is 123 Å². The van der Waals surface area contributed by atoms with E-state index < -0.39 is 23.1 Å². The van der Waals surface area contributed by atoms with Gasteiger partial charge in [0.1, 0.15) is 17.2 Å². The zero-order chi connectivity index (χ0) is 14.5. The summed E-state index contributed by atoms with van der Waals surface area (Å²) in [7, 11) is 0. The molecule has 2 rings (SSSR count). The fraction of sp³-hybridized carbons (Fsp3) is 0.133. The predicted molar refractivity (Wildman–Crippen MR) is 76.6 cm³/mol. The second-order valence-corrected chi connectivity index (χ2v) is 4.79. The van der Waals surface area contributed by atoms with Crippen LogP contribution in [0.4, 0.5) is 8.78 Å². The highest BCUT2D eigenvalue weighted by Crippen LogP contribution is 2.13. The Balaban J connectivity index is 2.09. The van der Waals surface area contributed by atoms with Crippen LogP contribution < -0.4 is 5.32 Å². The minimum absolute atomic E-state index is 0.216. The van der Waals surface area contributed by atoms with E-state index in [4.69, 9.17) is 0 Å². The molecular weight excluding hydrogens is 328 g/mol. The molecule has 0 aliphatic rings. The van der Waals surface area contributed by atoms with Gasteiger partial charge in [-0.1, -0.05) is 46.3 Å². The van der Waals surface area contributed by atoms with Crippen LogP contribution >= 0.6 is 15.9 Å². The van der Waals surface area contributed by atoms with Crippen molar-refractivity contribution in [2.24, 2.45) is 0 Å². The van der Waals surface area contributed by atoms with Gasteiger partial charge in [0.25, 0.3) is 5.91 Å². The van der Waals surface area contributed by atoms with Gasteiger partial charge in [-0.3, -0.25) is 4.79 Å². The maximum absolute atomic E-state index is 13.4. The molecule has 1 amide bonds. The third-order valence-electron chi connectivity index (χ3n) is 2.79. The number of alkyl halides is 1. The quantitative estimate of drug-likeness (QED) is 0.843. The van der Waals surface area contributed by atoms with Crippen molar-refractivity contribution in [1.82, 2.24) is 5.32 Å². The predicted octanol–water partition coefficient (Wildman–Crippen LogP) is 3.79. The summed E-state index contributed by atoms with van der Waals surface area (Å²) in [4.78, 5) is 11.8. The molecule has 0 fully saturated rings. The number of amides is 1. The van der Waals surface area contributed by atoms with Gasteiger partial charge in [0, 0.05) is 11.9 Å². The molecule has 0 spiro atoms. The van der Waals surface area contributed by atoms with Crippen molar-refractivity contribution in [1.29, 1.82) is 0 Å². The largest absolute Gasteiger partial charge is 0.348 e. The molecule has 0 radical (unpaired) electrons. The SMILES string of the molecule is O=C(NCc1cccc(CBr)c1)c1c(F)cccc1F. The Hall–Kier alpha value is -1.75. The van der Waals surface area contributed by atoms with Gasteiger partial charge in [-0.05, 0) is 23.3 Å². The molecule has 2 aromatic rings. The van der Waals surface area contributed by atoms with Gasteiger partial charge in [0.2, 0.25) is 0 Å². The normalized spacial score (nSPS) is 10.3. The molecule has 104 valence electrons. The van der Waals surface area contributed by atoms with Gasteiger partial charge in [-0.25, -0.2) is 8.78 Å². The lowest BCUT2D eigenvalue weighted by molar-refractivity contribution is 0.0942. The van der Waals surface area contributed by atoms with Crippen molar-refractivity contribution in [3.8, 4) is 0 Å². The maximum Gasteiger partial charge on any atom is 0.257 e. The van der Waals surface area contributed by atoms with E-state index in [-0.39, 0.29) is 6.54 Å². The summed E-state index contributed by atoms with van der Waals surface area (Å²) in [6, 6.07) is 10.9. The van der Waals surface area contributed by atoms with E-state index >= 15 is 0 Å². The lowest BCUT2D eigenvalue weighted by Crippen LogP contribution is -2.25. The Morgan fingerprint density at radius 2 is 1.65 bits per heavy atom. The van der Waals surface area contributed by atoms with Gasteiger partial charge in [-0.2, -0.15) is 0 Å². The fourth-order valence-corrected chi connectivity index (χ4v) is 2.16. The average Bonchev–Trinajstić information content (AvgIpc) is 2.45. The monoisotopic (exact) mass is 339 g/mol. The number of nitrogens with one attached hydrogen (secondary N) is 1. The van der Waals surface area contributed by atoms with E-state index in [1.54, 1.807) is 0 Å². The number of rotatable bonds is 4. The highest BCUT2D eigenvalue weighted by molar-refractivity contribution is 9.08. The second-order valence-electron chi connectivity index (χ2n) is 4.23. The molecule has 0 saturated carbocycles. The van der Waals surface area contributed by atoms with Crippen LogP contribution in [0.1, 0.15) is 21.5 Å². The molecule has 0 aliphatic carbocycles. The molecule has 0 aromatic heterocycles. The Morgan fingerprint density at radius 1 is 1.05 bits per heavy atom. The average molecular weight is 340 g/mol. The van der Waals surface area contributed by atoms with Gasteiger partial charge >= 0.3 is 0 Å². The van der Waals surface area contributed by atoms with Crippen molar-refractivity contribution in [2.45, 2.75) is 11.9 Å². The summed E-state index contributed by atoms with van der Waals surface area (Å²) < 4.78 is 26.9. The first-order valence-corrected chi connectivity index (χ1v) is 7.10. The van der Waals surface area contributed by atoms with Crippen LogP contribution in [-0.2, 0) is 11.9 Å². The molecular formula is C15H12BrF2NO. The number of hydrogen-bond donors (Lipinski definition) is 1. The van der Waals surface area contributed by atoms with Crippen LogP contribution in [0.3, 0.4) is 0 Å². The maximum atomic E-state index is 13.4. The third kappa shape index (κ3) is 3.42. The van der Waals surface area contributed by atoms with E-state index in [1.807, 2.05) is 24.3 Å². The molecule has 0 heterocycles. The van der Waals surface area contributed by atoms with Gasteiger partial charge < -0.3 is 5.32 Å². The van der Waals surface area contributed by atoms with Crippen molar-refractivity contribution in [3.63, 3.8) is 0 Å². The summed E-state index contributed by atoms with van der Waals surface area (Å²) in [5.74, 6) is -2.49. The van der Waals surface area contributed by atoms with Crippen molar-refractivity contribution < 1.29 is 13.6 Å². The summed E-state index contributed by atoms with van der Waals surface area (Å²) in [6.07, 6.45) is 0. The fourth-order valence-electron chi connectivity index (χ4n) is 1.81. The molecule has 0 bridgehead atoms. The highest BCUT2D eigenvalue weighted by Gasteiger charge is 2.16. The summed E-state index contributed by atoms with van der Waals surface area (Å²) >= 11 is 3.34. The number of halogens is 3. The highest BCUT2D eigenvalue weighted by atomic mass is 79.9. The number of benzene rings is 2. The van der Waals surface area contributed by atoms with Gasteiger partial charge in [-0.15, -0.1) is 0 Å². The Kier molecular flexibility index (Phi) is 4.84. The molecule has 20 heavy (non-hydrogen) atoms. The molecule has 2 aromatic carbocycles. The van der Waals surface area contributed by atoms with Gasteiger partial charge in [0.15, 0.2) is 0 Å². The first-order valence-electron chi connectivity index (χ1n) is 5.98. The van der Waals surface area contributed by atoms with Crippen LogP contribution in [0, 0.1) is 11.6 Å². The molecule has 1 N–H and O–H groups in total. The zero-order valence-electron chi connectivity index (χ0n) is 10.5. The van der Waals surface area contributed by atoms with E-state index in [1.165, 1.54) is 6.07 Å². The van der Waals surface area contributed by atoms with E-state index in [2.05, 4.69) is 21.2 Å². The van der Waals surface area contributed by atoms with E-state index in [0.29, 0.717) is 5.33 Å². The standard InChI is InChI=1S/C15H12BrF2NO/c16-8-10-3-1-4-11(7-10)9-19-15(20)14-12(17)5-2-6-13(14)18/h1-7H,8-9H2,(H,19,20). The van der Waals surface area contributed by atoms with Crippen molar-refractivity contribution >= 4 is 21.8 Å². The smallest absolute Gasteiger partial charge is 0.257 e. The van der Waals surface area contributed by atoms with Crippen LogP contribution in [0.5, 0.6) is 0 Å². The van der Waals surface area contributed by atoms with Crippen molar-refractivity contribution in [2.75, 3.05) is 0 Å². The zero-order valence-corrected chi connectivity index (χ0v) is 12.1. The van der Waals surface area contributed by atoms with Crippen LogP contribution in [0.2, 0.25) is 0 Å². The minimum Gasteiger partial charge on any atom is -0.348 e. The number of carbonyl (C=O) groups is 1. The second kappa shape index (κ2) is 6.61. The van der Waals surface area contributed by atoms with Gasteiger partial charge in [0.05, 0.1) is 0 Å². The third-order valence-corrected chi connectivity index (χ3v) is 3.44. The number of hydrogen-bond acceptors (Lipinski definition) is 1. The summed E-state index contributed by atoms with van der Waals surface area (Å²) in [5.41, 5.74) is 1.38. The molecule has 0 aliphatic heterocycles. The molecule has 5 heteroatoms. The van der Waals surface area contributed by atoms with Crippen LogP contribution in [0.25, 0.3) is 0 Å². The van der Waals surface area contributed by atoms with Crippen molar-refractivity contribution in [3.05, 3.63) is 70.8 Å². The molecule has 0 unspecified atom stereocenters. The van der Waals surface area contributed by atoms with Crippen LogP contribution in [0.15, 0.2) is 42.5 Å². The molecule has 0 atom stereocenters. The first-order chi connectivity index (χ1) is 9.61. The Morgan fingerprint density at radius 3 is 2.30 bits per heavy atom. The first kappa shape index (κ1) is 14.7. The van der Waals surface area contributed by atoms with E-state index in [0.717, 1.165) is 23.3 Å². The topological polar surface area (TPSA) is 29.1 Å². The molecule has 2 nitrogen and oxygen atoms in total. The lowest BCUT2D eigenvalue weighted by Gasteiger charge is -2.08. The minimum atomic E-state index is -0.864. The lowest BCUT2D eigenvalue weighted by atomic mass is 10.1. The number of carbonyl (C=O) groups excluding carboxylic acids is 1.